The molecule has 0 fully saturated rings. The number of hydrogen-bond donors (Lipinski definition) is 0. The zero-order valence-corrected chi connectivity index (χ0v) is 23.3. The van der Waals surface area contributed by atoms with Crippen molar-refractivity contribution in [3.63, 3.8) is 0 Å². The van der Waals surface area contributed by atoms with Gasteiger partial charge in [0.1, 0.15) is 33.5 Å². The fourth-order valence-corrected chi connectivity index (χ4v) is 6.62. The van der Waals surface area contributed by atoms with Crippen molar-refractivity contribution in [2.24, 2.45) is 0 Å². The molecule has 0 saturated carbocycles. The monoisotopic (exact) mass is 542 g/mol. The highest BCUT2D eigenvalue weighted by molar-refractivity contribution is 6.14. The van der Waals surface area contributed by atoms with E-state index in [0.29, 0.717) is 5.92 Å². The Hall–Kier alpha value is -5.28. The molecule has 0 atom stereocenters. The van der Waals surface area contributed by atoms with Crippen molar-refractivity contribution in [3.8, 4) is 22.3 Å². The van der Waals surface area contributed by atoms with Crippen LogP contribution in [0.1, 0.15) is 25.3 Å². The largest absolute Gasteiger partial charge is 0.456 e. The second-order valence-corrected chi connectivity index (χ2v) is 11.5. The first-order chi connectivity index (χ1) is 20.6. The number of para-hydroxylation sites is 2. The van der Waals surface area contributed by atoms with Gasteiger partial charge in [0.15, 0.2) is 0 Å². The van der Waals surface area contributed by atoms with Crippen molar-refractivity contribution in [1.82, 2.24) is 0 Å². The summed E-state index contributed by atoms with van der Waals surface area (Å²) in [6, 6.07) is 40.3. The van der Waals surface area contributed by atoms with Crippen LogP contribution < -0.4 is 0 Å². The van der Waals surface area contributed by atoms with Crippen LogP contribution in [0.5, 0.6) is 0 Å². The molecule has 0 spiro atoms. The summed E-state index contributed by atoms with van der Waals surface area (Å²) in [5.74, 6) is 0.361. The quantitative estimate of drug-likeness (QED) is 0.223. The third kappa shape index (κ3) is 3.34. The Labute approximate surface area is 241 Å². The summed E-state index contributed by atoms with van der Waals surface area (Å²) in [6.07, 6.45) is 0. The number of hydrogen-bond acceptors (Lipinski definition) is 3. The van der Waals surface area contributed by atoms with Crippen molar-refractivity contribution in [2.75, 3.05) is 0 Å². The second kappa shape index (κ2) is 8.61. The van der Waals surface area contributed by atoms with E-state index in [9.17, 15) is 0 Å². The van der Waals surface area contributed by atoms with E-state index in [1.165, 1.54) is 10.9 Å². The van der Waals surface area contributed by atoms with Crippen molar-refractivity contribution in [2.45, 2.75) is 19.8 Å². The van der Waals surface area contributed by atoms with Crippen LogP contribution in [0.25, 0.3) is 88.1 Å². The van der Waals surface area contributed by atoms with Crippen LogP contribution in [0.3, 0.4) is 0 Å². The molecule has 3 heteroatoms. The van der Waals surface area contributed by atoms with E-state index in [4.69, 9.17) is 13.3 Å². The van der Waals surface area contributed by atoms with Gasteiger partial charge in [-0.05, 0) is 82.8 Å². The molecule has 200 valence electrons. The van der Waals surface area contributed by atoms with Crippen LogP contribution in [-0.2, 0) is 0 Å². The Bertz CT molecular complexity index is 2500. The molecule has 0 N–H and O–H groups in total. The van der Waals surface area contributed by atoms with E-state index in [0.717, 1.165) is 82.7 Å². The highest BCUT2D eigenvalue weighted by Crippen LogP contribution is 2.43. The van der Waals surface area contributed by atoms with Gasteiger partial charge in [-0.25, -0.2) is 0 Å². The predicted molar refractivity (Wildman–Crippen MR) is 173 cm³/mol. The molecule has 6 aromatic carbocycles. The van der Waals surface area contributed by atoms with Gasteiger partial charge >= 0.3 is 0 Å². The topological polar surface area (TPSA) is 39.4 Å². The van der Waals surface area contributed by atoms with Crippen LogP contribution in [0.15, 0.2) is 129 Å². The van der Waals surface area contributed by atoms with E-state index in [1.54, 1.807) is 0 Å². The van der Waals surface area contributed by atoms with Gasteiger partial charge in [-0.3, -0.25) is 0 Å². The van der Waals surface area contributed by atoms with Crippen molar-refractivity contribution in [1.29, 1.82) is 0 Å². The highest BCUT2D eigenvalue weighted by atomic mass is 16.3. The molecule has 9 aromatic rings. The number of furan rings is 3. The minimum atomic E-state index is 0.361. The first-order valence-corrected chi connectivity index (χ1v) is 14.4. The lowest BCUT2D eigenvalue weighted by atomic mass is 9.92. The molecule has 0 radical (unpaired) electrons. The maximum absolute atomic E-state index is 6.65. The normalized spacial score (nSPS) is 12.3. The molecule has 3 aromatic heterocycles. The molecule has 0 aliphatic carbocycles. The minimum Gasteiger partial charge on any atom is -0.456 e. The smallest absolute Gasteiger partial charge is 0.143 e. The summed E-state index contributed by atoms with van der Waals surface area (Å²) in [7, 11) is 0. The van der Waals surface area contributed by atoms with Gasteiger partial charge in [-0.2, -0.15) is 0 Å². The van der Waals surface area contributed by atoms with Gasteiger partial charge in [-0.1, -0.05) is 74.5 Å². The molecule has 0 bridgehead atoms. The lowest BCUT2D eigenvalue weighted by Crippen LogP contribution is -1.88. The fourth-order valence-electron chi connectivity index (χ4n) is 6.62. The molecule has 0 saturated heterocycles. The molecule has 0 aliphatic heterocycles. The van der Waals surface area contributed by atoms with Crippen LogP contribution >= 0.6 is 0 Å². The minimum absolute atomic E-state index is 0.361. The number of fused-ring (bicyclic) bond motifs is 9. The highest BCUT2D eigenvalue weighted by Gasteiger charge is 2.20. The molecular formula is C39H26O3. The fraction of sp³-hybridized carbons (Fsp3) is 0.0769. The van der Waals surface area contributed by atoms with E-state index in [1.807, 2.05) is 24.3 Å². The molecule has 3 nitrogen and oxygen atoms in total. The molecule has 3 heterocycles. The molecule has 9 rings (SSSR count). The molecule has 0 unspecified atom stereocenters. The van der Waals surface area contributed by atoms with Gasteiger partial charge in [0.2, 0.25) is 0 Å². The molecule has 0 aliphatic rings. The third-order valence-corrected chi connectivity index (χ3v) is 8.65. The summed E-state index contributed by atoms with van der Waals surface area (Å²) in [5.41, 5.74) is 11.0. The number of benzene rings is 6. The van der Waals surface area contributed by atoms with Gasteiger partial charge in [0.25, 0.3) is 0 Å². The lowest BCUT2D eigenvalue weighted by Gasteiger charge is -2.10. The first kappa shape index (κ1) is 23.4. The average molecular weight is 543 g/mol. The maximum Gasteiger partial charge on any atom is 0.143 e. The zero-order valence-electron chi connectivity index (χ0n) is 23.3. The van der Waals surface area contributed by atoms with Gasteiger partial charge in [0, 0.05) is 37.9 Å². The van der Waals surface area contributed by atoms with Crippen molar-refractivity contribution in [3.05, 3.63) is 121 Å². The predicted octanol–water partition coefficient (Wildman–Crippen LogP) is 11.8. The standard InChI is InChI=1S/C39H26O3/c1-22(2)26-10-7-13-35-38(26)32-19-25(23-14-16-29-27-8-3-5-11-33(27)40-36(29)20-23)18-31(39(32)42-35)24-15-17-30-28-9-4-6-12-34(28)41-37(30)21-24/h3-22H,1-2H3. The van der Waals surface area contributed by atoms with Crippen LogP contribution in [0, 0.1) is 0 Å². The van der Waals surface area contributed by atoms with Gasteiger partial charge in [-0.15, -0.1) is 0 Å². The van der Waals surface area contributed by atoms with E-state index < -0.39 is 0 Å². The summed E-state index contributed by atoms with van der Waals surface area (Å²) in [4.78, 5) is 0. The van der Waals surface area contributed by atoms with Gasteiger partial charge in [0.05, 0.1) is 0 Å². The van der Waals surface area contributed by atoms with Crippen LogP contribution in [0.2, 0.25) is 0 Å². The second-order valence-electron chi connectivity index (χ2n) is 11.5. The number of rotatable bonds is 3. The Morgan fingerprint density at radius 1 is 0.429 bits per heavy atom. The van der Waals surface area contributed by atoms with Crippen LogP contribution in [-0.4, -0.2) is 0 Å². The van der Waals surface area contributed by atoms with E-state index >= 15 is 0 Å². The molecule has 0 amide bonds. The van der Waals surface area contributed by atoms with Crippen LogP contribution in [0.4, 0.5) is 0 Å². The SMILES string of the molecule is CC(C)c1cccc2oc3c(-c4ccc5c(c4)oc4ccccc45)cc(-c4ccc5c(c4)oc4ccccc45)cc3c12. The summed E-state index contributed by atoms with van der Waals surface area (Å²) in [6.45, 7) is 4.48. The molecule has 42 heavy (non-hydrogen) atoms. The van der Waals surface area contributed by atoms with Crippen molar-refractivity contribution >= 4 is 65.8 Å². The maximum atomic E-state index is 6.65. The van der Waals surface area contributed by atoms with E-state index in [-0.39, 0.29) is 0 Å². The summed E-state index contributed by atoms with van der Waals surface area (Å²) in [5, 5.41) is 6.81. The summed E-state index contributed by atoms with van der Waals surface area (Å²) < 4.78 is 19.2. The van der Waals surface area contributed by atoms with E-state index in [2.05, 4.69) is 105 Å². The summed E-state index contributed by atoms with van der Waals surface area (Å²) >= 11 is 0. The zero-order chi connectivity index (χ0) is 27.9. The average Bonchev–Trinajstić information content (AvgIpc) is 3.70. The Morgan fingerprint density at radius 2 is 1.02 bits per heavy atom. The molecular weight excluding hydrogens is 516 g/mol. The van der Waals surface area contributed by atoms with Crippen molar-refractivity contribution < 1.29 is 13.3 Å². The Morgan fingerprint density at radius 3 is 1.71 bits per heavy atom. The lowest BCUT2D eigenvalue weighted by molar-refractivity contribution is 0.668. The Kier molecular flexibility index (Phi) is 4.80. The Balaban J connectivity index is 1.34. The third-order valence-electron chi connectivity index (χ3n) is 8.65. The first-order valence-electron chi connectivity index (χ1n) is 14.4. The van der Waals surface area contributed by atoms with Gasteiger partial charge < -0.3 is 13.3 Å².